The zero-order valence-electron chi connectivity index (χ0n) is 56.4. The molecular formula is C66H84O34. The van der Waals surface area contributed by atoms with E-state index in [9.17, 15) is 68.7 Å². The number of ether oxygens (including phenoxy) is 20. The maximum absolute atomic E-state index is 14.7. The van der Waals surface area contributed by atoms with Crippen LogP contribution in [0, 0.1) is 5.92 Å². The molecule has 4 aliphatic heterocycles. The molecule has 0 bridgehead atoms. The van der Waals surface area contributed by atoms with Gasteiger partial charge in [-0.25, -0.2) is 28.8 Å². The molecule has 3 aromatic carbocycles. The van der Waals surface area contributed by atoms with Crippen molar-refractivity contribution in [2.75, 3.05) is 75.2 Å². The highest BCUT2D eigenvalue weighted by atomic mass is 16.8. The van der Waals surface area contributed by atoms with Gasteiger partial charge in [-0.05, 0) is 50.2 Å². The number of esters is 6. The minimum atomic E-state index is -2.04. The van der Waals surface area contributed by atoms with E-state index in [0.717, 1.165) is 32.9 Å². The molecule has 4 heterocycles. The molecule has 4 fully saturated rings. The Labute approximate surface area is 573 Å². The van der Waals surface area contributed by atoms with Crippen molar-refractivity contribution in [3.63, 3.8) is 0 Å². The van der Waals surface area contributed by atoms with E-state index in [4.69, 9.17) is 94.7 Å². The highest BCUT2D eigenvalue weighted by Crippen LogP contribution is 2.40. The van der Waals surface area contributed by atoms with Gasteiger partial charge in [0.05, 0.1) is 72.0 Å². The van der Waals surface area contributed by atoms with Gasteiger partial charge in [0.15, 0.2) is 37.4 Å². The van der Waals surface area contributed by atoms with E-state index >= 15 is 0 Å². The van der Waals surface area contributed by atoms with Crippen molar-refractivity contribution in [3.05, 3.63) is 106 Å². The maximum atomic E-state index is 14.7. The fourth-order valence-electron chi connectivity index (χ4n) is 11.8. The molecule has 0 aliphatic carbocycles. The van der Waals surface area contributed by atoms with E-state index in [-0.39, 0.29) is 35.5 Å². The lowest BCUT2D eigenvalue weighted by atomic mass is 9.90. The average molecular weight is 1420 g/mol. The van der Waals surface area contributed by atoms with E-state index in [2.05, 4.69) is 0 Å². The molecule has 3 aromatic rings. The lowest BCUT2D eigenvalue weighted by molar-refractivity contribution is -0.391. The molecule has 0 radical (unpaired) electrons. The van der Waals surface area contributed by atoms with Crippen LogP contribution in [0.5, 0.6) is 0 Å². The SMILES string of the molecule is COCC1OC(OC2C(COC(C)=O)OC(OC3C(COC(=O)c4ccccc4C(=O)O)OC(OC)C(OC)C3O)C(OC)C2OCC(C)OC(C)=O)C(OC(C)=O)C(OC(=O)c2ccccc2C(=O)O)C1OC1OC(COCC(C)OC(=O)c2ccccc2C(=O)O)C(C)C(OC)C1O. The summed E-state index contributed by atoms with van der Waals surface area (Å²) in [6, 6.07) is 15.6. The Kier molecular flexibility index (Phi) is 29.6. The predicted molar refractivity (Wildman–Crippen MR) is 330 cm³/mol. The summed E-state index contributed by atoms with van der Waals surface area (Å²) in [6.45, 7) is 4.81. The van der Waals surface area contributed by atoms with Gasteiger partial charge in [-0.15, -0.1) is 0 Å². The van der Waals surface area contributed by atoms with Crippen LogP contribution in [0.15, 0.2) is 72.8 Å². The van der Waals surface area contributed by atoms with Gasteiger partial charge in [0.25, 0.3) is 0 Å². The van der Waals surface area contributed by atoms with Gasteiger partial charge in [-0.1, -0.05) is 43.3 Å². The average Bonchev–Trinajstić information content (AvgIpc) is 0.762. The summed E-state index contributed by atoms with van der Waals surface area (Å²) in [5.74, 6) is -11.1. The summed E-state index contributed by atoms with van der Waals surface area (Å²) in [4.78, 5) is 117. The number of carboxylic acid groups (broad SMARTS) is 3. The quantitative estimate of drug-likeness (QED) is 0.0430. The Morgan fingerprint density at radius 2 is 0.870 bits per heavy atom. The molecule has 0 aromatic heterocycles. The predicted octanol–water partition coefficient (Wildman–Crippen LogP) is 2.01. The second-order valence-corrected chi connectivity index (χ2v) is 23.5. The van der Waals surface area contributed by atoms with E-state index in [0.29, 0.717) is 0 Å². The summed E-state index contributed by atoms with van der Waals surface area (Å²) >= 11 is 0. The highest BCUT2D eigenvalue weighted by Gasteiger charge is 2.59. The third-order valence-electron chi connectivity index (χ3n) is 16.4. The summed E-state index contributed by atoms with van der Waals surface area (Å²) in [7, 11) is 6.19. The van der Waals surface area contributed by atoms with Gasteiger partial charge in [0.2, 0.25) is 0 Å². The molecule has 4 aliphatic rings. The van der Waals surface area contributed by atoms with Crippen molar-refractivity contribution in [2.24, 2.45) is 5.92 Å². The zero-order valence-corrected chi connectivity index (χ0v) is 56.4. The molecule has 5 N–H and O–H groups in total. The van der Waals surface area contributed by atoms with Crippen LogP contribution in [0.3, 0.4) is 0 Å². The molecule has 552 valence electrons. The molecule has 22 unspecified atom stereocenters. The monoisotopic (exact) mass is 1420 g/mol. The molecule has 0 amide bonds. The number of aromatic carboxylic acids is 3. The molecule has 0 spiro atoms. The Balaban J connectivity index is 1.27. The fourth-order valence-corrected chi connectivity index (χ4v) is 11.8. The van der Waals surface area contributed by atoms with Crippen LogP contribution >= 0.6 is 0 Å². The van der Waals surface area contributed by atoms with Crippen LogP contribution in [-0.4, -0.2) is 283 Å². The first kappa shape index (κ1) is 79.6. The van der Waals surface area contributed by atoms with Gasteiger partial charge >= 0.3 is 53.7 Å². The van der Waals surface area contributed by atoms with Gasteiger partial charge in [-0.3, -0.25) is 14.4 Å². The Morgan fingerprint density at radius 3 is 1.39 bits per heavy atom. The first-order valence-corrected chi connectivity index (χ1v) is 31.4. The third-order valence-corrected chi connectivity index (χ3v) is 16.4. The zero-order chi connectivity index (χ0) is 73.2. The maximum Gasteiger partial charge on any atom is 0.339 e. The number of benzene rings is 3. The standard InChI is InChI=1S/C66H84O34/c1-30(91-61(79)40-22-16-13-19-37(40)58(74)75)24-86-27-42-32(3)48(82-8)47(71)63(93-42)99-51-43(26-81-7)95-66(56(92-35(6)69)54(51)97-62(80)41-23-17-14-20-38(41)59(76)77)100-50-45(28-87-33(4)67)96-65(55(84-10)53(50)88-25-31(2)90-34(5)68)98-49-44(94-64(85-11)52(83-9)46(49)70)29-89-60(78)39-21-15-12-18-36(39)57(72)73/h12-23,30-32,42-56,63-66,70-71H,24-29H2,1-11H3,(H,72,73)(H,74,75)(H,76,77). The smallest absolute Gasteiger partial charge is 0.339 e. The van der Waals surface area contributed by atoms with Crippen LogP contribution in [0.1, 0.15) is 104 Å². The lowest BCUT2D eigenvalue weighted by Crippen LogP contribution is -2.69. The summed E-state index contributed by atoms with van der Waals surface area (Å²) in [6.07, 6.45) is -33.0. The van der Waals surface area contributed by atoms with Crippen molar-refractivity contribution < 1.29 is 163 Å². The van der Waals surface area contributed by atoms with E-state index < -0.39 is 226 Å². The van der Waals surface area contributed by atoms with Crippen molar-refractivity contribution in [1.82, 2.24) is 0 Å². The van der Waals surface area contributed by atoms with Crippen molar-refractivity contribution >= 4 is 53.7 Å². The second kappa shape index (κ2) is 37.3. The summed E-state index contributed by atoms with van der Waals surface area (Å²) in [5.41, 5.74) is -2.24. The van der Waals surface area contributed by atoms with Crippen LogP contribution in [0.4, 0.5) is 0 Å². The number of hydrogen-bond donors (Lipinski definition) is 5. The molecule has 34 heteroatoms. The van der Waals surface area contributed by atoms with Crippen LogP contribution in [0.2, 0.25) is 0 Å². The lowest BCUT2D eigenvalue weighted by Gasteiger charge is -2.51. The normalized spacial score (nSPS) is 30.3. The molecule has 100 heavy (non-hydrogen) atoms. The minimum Gasteiger partial charge on any atom is -0.478 e. The van der Waals surface area contributed by atoms with Gasteiger partial charge < -0.3 is 120 Å². The number of hydrogen-bond acceptors (Lipinski definition) is 31. The molecular weight excluding hydrogens is 1340 g/mol. The van der Waals surface area contributed by atoms with E-state index in [1.54, 1.807) is 6.92 Å². The Hall–Kier alpha value is -7.75. The minimum absolute atomic E-state index is 0.200. The third kappa shape index (κ3) is 20.1. The largest absolute Gasteiger partial charge is 0.478 e. The van der Waals surface area contributed by atoms with Crippen molar-refractivity contribution in [3.8, 4) is 0 Å². The number of carbonyl (C=O) groups is 9. The Morgan fingerprint density at radius 1 is 0.410 bits per heavy atom. The molecule has 4 saturated heterocycles. The fraction of sp³-hybridized carbons (Fsp3) is 0.591. The molecule has 7 rings (SSSR count). The molecule has 34 nitrogen and oxygen atoms in total. The topological polar surface area (TPSA) is 439 Å². The van der Waals surface area contributed by atoms with E-state index in [1.165, 1.54) is 110 Å². The Bertz CT molecular complexity index is 3270. The summed E-state index contributed by atoms with van der Waals surface area (Å²) < 4.78 is 121. The number of methoxy groups -OCH3 is 5. The second-order valence-electron chi connectivity index (χ2n) is 23.5. The van der Waals surface area contributed by atoms with Gasteiger partial charge in [-0.2, -0.15) is 0 Å². The molecule has 0 saturated carbocycles. The number of rotatable bonds is 33. The first-order chi connectivity index (χ1) is 47.7. The number of aliphatic hydroxyl groups excluding tert-OH is 2. The van der Waals surface area contributed by atoms with Crippen LogP contribution in [-0.2, 0) is 109 Å². The first-order valence-electron chi connectivity index (χ1n) is 31.4. The number of aliphatic hydroxyl groups is 2. The number of carbonyl (C=O) groups excluding carboxylic acids is 6. The van der Waals surface area contributed by atoms with Crippen LogP contribution < -0.4 is 0 Å². The summed E-state index contributed by atoms with van der Waals surface area (Å²) in [5, 5.41) is 53.9. The van der Waals surface area contributed by atoms with Gasteiger partial charge in [0.1, 0.15) is 92.6 Å². The van der Waals surface area contributed by atoms with Gasteiger partial charge in [0, 0.05) is 62.2 Å². The molecule has 22 atom stereocenters. The van der Waals surface area contributed by atoms with Crippen molar-refractivity contribution in [1.29, 1.82) is 0 Å². The van der Waals surface area contributed by atoms with E-state index in [1.807, 2.05) is 0 Å². The number of carboxylic acids is 3. The highest BCUT2D eigenvalue weighted by molar-refractivity contribution is 6.04. The van der Waals surface area contributed by atoms with Crippen LogP contribution in [0.25, 0.3) is 0 Å². The van der Waals surface area contributed by atoms with Crippen molar-refractivity contribution in [2.45, 2.75) is 170 Å².